The van der Waals surface area contributed by atoms with Crippen molar-refractivity contribution in [3.05, 3.63) is 52.8 Å². The van der Waals surface area contributed by atoms with Crippen LogP contribution in [-0.2, 0) is 0 Å². The van der Waals surface area contributed by atoms with Crippen LogP contribution < -0.4 is 11.1 Å². The molecule has 0 fully saturated rings. The number of fused-ring (bicyclic) bond motifs is 1. The normalized spacial score (nSPS) is 10.7. The molecule has 3 N–H and O–H groups in total. The molecule has 20 heavy (non-hydrogen) atoms. The third-order valence-corrected chi connectivity index (χ3v) is 3.94. The zero-order valence-electron chi connectivity index (χ0n) is 10.9. The number of nitrogens with one attached hydrogen (secondary N) is 1. The van der Waals surface area contributed by atoms with Crippen LogP contribution in [0.15, 0.2) is 47.2 Å². The van der Waals surface area contributed by atoms with E-state index < -0.39 is 0 Å². The molecule has 1 heterocycles. The highest BCUT2D eigenvalue weighted by atomic mass is 79.9. The molecule has 1 aromatic heterocycles. The molecule has 0 saturated carbocycles. The third-order valence-electron chi connectivity index (χ3n) is 3.25. The number of aromatic nitrogens is 2. The second kappa shape index (κ2) is 5.09. The van der Waals surface area contributed by atoms with E-state index in [0.29, 0.717) is 5.82 Å². The highest BCUT2D eigenvalue weighted by Crippen LogP contribution is 2.32. The number of halogens is 1. The van der Waals surface area contributed by atoms with Gasteiger partial charge in [0.15, 0.2) is 0 Å². The summed E-state index contributed by atoms with van der Waals surface area (Å²) >= 11 is 3.57. The van der Waals surface area contributed by atoms with Crippen molar-refractivity contribution in [3.8, 4) is 0 Å². The maximum absolute atomic E-state index is 5.81. The van der Waals surface area contributed by atoms with E-state index in [0.717, 1.165) is 32.3 Å². The van der Waals surface area contributed by atoms with Crippen molar-refractivity contribution in [2.45, 2.75) is 6.92 Å². The Morgan fingerprint density at radius 1 is 1.05 bits per heavy atom. The Hall–Kier alpha value is -2.14. The van der Waals surface area contributed by atoms with Gasteiger partial charge in [0.1, 0.15) is 18.0 Å². The fourth-order valence-corrected chi connectivity index (χ4v) is 2.57. The van der Waals surface area contributed by atoms with Crippen LogP contribution in [0.4, 0.5) is 17.3 Å². The van der Waals surface area contributed by atoms with Gasteiger partial charge in [0.2, 0.25) is 0 Å². The van der Waals surface area contributed by atoms with Crippen molar-refractivity contribution in [1.29, 1.82) is 0 Å². The molecule has 0 spiro atoms. The second-order valence-corrected chi connectivity index (χ2v) is 5.35. The molecule has 2 aromatic carbocycles. The highest BCUT2D eigenvalue weighted by Gasteiger charge is 2.08. The van der Waals surface area contributed by atoms with Crippen molar-refractivity contribution in [2.75, 3.05) is 11.1 Å². The van der Waals surface area contributed by atoms with Gasteiger partial charge in [-0.1, -0.05) is 40.2 Å². The Morgan fingerprint density at radius 2 is 1.80 bits per heavy atom. The second-order valence-electron chi connectivity index (χ2n) is 4.50. The number of nitrogen functional groups attached to an aromatic ring is 1. The molecule has 3 aromatic rings. The maximum Gasteiger partial charge on any atom is 0.138 e. The zero-order valence-corrected chi connectivity index (χ0v) is 12.5. The number of nitrogens with two attached hydrogens (primary N) is 1. The van der Waals surface area contributed by atoms with E-state index in [1.807, 2.05) is 31.2 Å². The van der Waals surface area contributed by atoms with Gasteiger partial charge in [-0.05, 0) is 24.4 Å². The molecule has 0 bridgehead atoms. The minimum atomic E-state index is 0.490. The Balaban J connectivity index is 2.12. The van der Waals surface area contributed by atoms with E-state index in [1.54, 1.807) is 0 Å². The van der Waals surface area contributed by atoms with Crippen LogP contribution in [0.3, 0.4) is 0 Å². The van der Waals surface area contributed by atoms with Crippen molar-refractivity contribution in [1.82, 2.24) is 9.97 Å². The fraction of sp³-hybridized carbons (Fsp3) is 0.0667. The Bertz CT molecular complexity index is 786. The van der Waals surface area contributed by atoms with Crippen LogP contribution >= 0.6 is 15.9 Å². The van der Waals surface area contributed by atoms with E-state index in [4.69, 9.17) is 5.73 Å². The molecule has 0 atom stereocenters. The molecule has 5 heteroatoms. The smallest absolute Gasteiger partial charge is 0.138 e. The number of anilines is 3. The fourth-order valence-electron chi connectivity index (χ4n) is 2.09. The molecule has 0 aliphatic carbocycles. The topological polar surface area (TPSA) is 63.8 Å². The maximum atomic E-state index is 5.81. The number of rotatable bonds is 2. The number of nitrogens with zero attached hydrogens (tertiary/aromatic N) is 2. The van der Waals surface area contributed by atoms with Crippen molar-refractivity contribution in [2.24, 2.45) is 0 Å². The minimum absolute atomic E-state index is 0.490. The summed E-state index contributed by atoms with van der Waals surface area (Å²) in [7, 11) is 0. The van der Waals surface area contributed by atoms with Crippen LogP contribution in [0.5, 0.6) is 0 Å². The molecule has 0 saturated heterocycles. The number of hydrogen-bond acceptors (Lipinski definition) is 4. The monoisotopic (exact) mass is 328 g/mol. The van der Waals surface area contributed by atoms with Crippen molar-refractivity contribution >= 4 is 44.0 Å². The van der Waals surface area contributed by atoms with Gasteiger partial charge in [-0.25, -0.2) is 9.97 Å². The van der Waals surface area contributed by atoms with Gasteiger partial charge in [-0.15, -0.1) is 0 Å². The standard InChI is InChI=1S/C15H13BrN4/c1-9-14(17)18-8-19-15(9)20-13-7-6-12(16)10-4-2-3-5-11(10)13/h2-8H,1H3,(H3,17,18,19,20). The summed E-state index contributed by atoms with van der Waals surface area (Å²) in [6, 6.07) is 12.2. The number of hydrogen-bond donors (Lipinski definition) is 2. The van der Waals surface area contributed by atoms with E-state index in [2.05, 4.69) is 43.3 Å². The van der Waals surface area contributed by atoms with Crippen LogP contribution in [0.2, 0.25) is 0 Å². The van der Waals surface area contributed by atoms with Gasteiger partial charge in [-0.3, -0.25) is 0 Å². The Morgan fingerprint density at radius 3 is 2.60 bits per heavy atom. The first-order chi connectivity index (χ1) is 9.66. The van der Waals surface area contributed by atoms with Crippen LogP contribution in [0, 0.1) is 6.92 Å². The molecule has 100 valence electrons. The van der Waals surface area contributed by atoms with E-state index in [-0.39, 0.29) is 0 Å². The summed E-state index contributed by atoms with van der Waals surface area (Å²) in [5.41, 5.74) is 7.65. The van der Waals surface area contributed by atoms with Gasteiger partial charge in [-0.2, -0.15) is 0 Å². The van der Waals surface area contributed by atoms with Gasteiger partial charge in [0.05, 0.1) is 0 Å². The lowest BCUT2D eigenvalue weighted by atomic mass is 10.1. The summed E-state index contributed by atoms with van der Waals surface area (Å²) in [4.78, 5) is 8.23. The highest BCUT2D eigenvalue weighted by molar-refractivity contribution is 9.10. The lowest BCUT2D eigenvalue weighted by molar-refractivity contribution is 1.14. The molecule has 0 unspecified atom stereocenters. The van der Waals surface area contributed by atoms with E-state index >= 15 is 0 Å². The van der Waals surface area contributed by atoms with Crippen molar-refractivity contribution < 1.29 is 0 Å². The van der Waals surface area contributed by atoms with Crippen LogP contribution in [0.25, 0.3) is 10.8 Å². The lowest BCUT2D eigenvalue weighted by Crippen LogP contribution is -2.02. The summed E-state index contributed by atoms with van der Waals surface area (Å²) in [5.74, 6) is 1.22. The predicted molar refractivity (Wildman–Crippen MR) is 86.1 cm³/mol. The first kappa shape index (κ1) is 12.9. The van der Waals surface area contributed by atoms with Gasteiger partial charge in [0.25, 0.3) is 0 Å². The van der Waals surface area contributed by atoms with Gasteiger partial charge >= 0.3 is 0 Å². The molecule has 4 nitrogen and oxygen atoms in total. The van der Waals surface area contributed by atoms with Crippen LogP contribution in [-0.4, -0.2) is 9.97 Å². The minimum Gasteiger partial charge on any atom is -0.383 e. The molecular formula is C15H13BrN4. The van der Waals surface area contributed by atoms with E-state index in [9.17, 15) is 0 Å². The number of benzene rings is 2. The molecule has 3 rings (SSSR count). The van der Waals surface area contributed by atoms with Gasteiger partial charge < -0.3 is 11.1 Å². The summed E-state index contributed by atoms with van der Waals surface area (Å²) in [6.07, 6.45) is 1.46. The van der Waals surface area contributed by atoms with Crippen LogP contribution in [0.1, 0.15) is 5.56 Å². The predicted octanol–water partition coefficient (Wildman–Crippen LogP) is 4.03. The first-order valence-corrected chi connectivity index (χ1v) is 6.97. The molecule has 0 radical (unpaired) electrons. The third kappa shape index (κ3) is 2.20. The summed E-state index contributed by atoms with van der Waals surface area (Å²) in [6.45, 7) is 1.90. The average molecular weight is 329 g/mol. The summed E-state index contributed by atoms with van der Waals surface area (Å²) in [5, 5.41) is 5.61. The van der Waals surface area contributed by atoms with E-state index in [1.165, 1.54) is 6.33 Å². The van der Waals surface area contributed by atoms with Crippen molar-refractivity contribution in [3.63, 3.8) is 0 Å². The zero-order chi connectivity index (χ0) is 14.1. The largest absolute Gasteiger partial charge is 0.383 e. The molecule has 0 amide bonds. The Labute approximate surface area is 125 Å². The molecular weight excluding hydrogens is 316 g/mol. The van der Waals surface area contributed by atoms with Gasteiger partial charge in [0, 0.05) is 21.1 Å². The molecule has 0 aliphatic heterocycles. The summed E-state index contributed by atoms with van der Waals surface area (Å²) < 4.78 is 1.07. The quantitative estimate of drug-likeness (QED) is 0.745. The average Bonchev–Trinajstić information content (AvgIpc) is 2.47. The first-order valence-electron chi connectivity index (χ1n) is 6.18. The lowest BCUT2D eigenvalue weighted by Gasteiger charge is -2.12. The SMILES string of the molecule is Cc1c(N)ncnc1Nc1ccc(Br)c2ccccc12. The molecule has 0 aliphatic rings. The Kier molecular flexibility index (Phi) is 3.28.